The van der Waals surface area contributed by atoms with Crippen molar-refractivity contribution in [1.82, 2.24) is 18.5 Å². The minimum Gasteiger partial charge on any atom is -0.357 e. The maximum atomic E-state index is 13.6. The number of hydrogen-bond acceptors (Lipinski definition) is 5. The number of hydrogen-bond donors (Lipinski definition) is 1. The maximum absolute atomic E-state index is 13.6. The number of fused-ring (bicyclic) bond motifs is 4. The number of nitrogens with zero attached hydrogens (tertiary/aromatic N) is 4. The predicted octanol–water partition coefficient (Wildman–Crippen LogP) is 3.01. The molecular weight excluding hydrogens is 474 g/mol. The number of aromatic nitrogens is 1. The Kier molecular flexibility index (Phi) is 6.15. The molecule has 36 heavy (non-hydrogen) atoms. The molecule has 1 aromatic heterocycles. The number of aliphatic imine (C=N–C) groups is 1. The van der Waals surface area contributed by atoms with E-state index in [4.69, 9.17) is 0 Å². The molecule has 1 N–H and O–H groups in total. The third kappa shape index (κ3) is 4.00. The minimum absolute atomic E-state index is 0.0524. The maximum Gasteiger partial charge on any atom is 0.281 e. The second-order valence-corrected chi connectivity index (χ2v) is 12.5. The summed E-state index contributed by atoms with van der Waals surface area (Å²) >= 11 is 0. The van der Waals surface area contributed by atoms with Crippen molar-refractivity contribution >= 4 is 33.1 Å². The molecule has 0 amide bonds. The zero-order chi connectivity index (χ0) is 25.8. The van der Waals surface area contributed by atoms with Crippen LogP contribution < -0.4 is 0 Å². The molecule has 1 saturated heterocycles. The summed E-state index contributed by atoms with van der Waals surface area (Å²) in [4.78, 5) is 23.6. The fraction of sp³-hybridized carbons (Fsp3) is 0.407. The molecule has 190 valence electrons. The molecule has 0 unspecified atom stereocenters. The summed E-state index contributed by atoms with van der Waals surface area (Å²) in [5, 5.41) is 0.941. The van der Waals surface area contributed by atoms with Gasteiger partial charge in [0.1, 0.15) is 0 Å². The van der Waals surface area contributed by atoms with Crippen molar-refractivity contribution in [2.75, 3.05) is 47.3 Å². The van der Waals surface area contributed by atoms with Gasteiger partial charge in [-0.1, -0.05) is 44.2 Å². The zero-order valence-electron chi connectivity index (χ0n) is 21.5. The van der Waals surface area contributed by atoms with Crippen LogP contribution >= 0.6 is 0 Å². The third-order valence-corrected chi connectivity index (χ3v) is 9.42. The number of carbonyl (C=O) groups is 1. The number of rotatable bonds is 5. The summed E-state index contributed by atoms with van der Waals surface area (Å²) < 4.78 is 27.6. The van der Waals surface area contributed by atoms with Gasteiger partial charge in [-0.3, -0.25) is 14.7 Å². The number of carbonyl (C=O) groups excluding carboxylic acids is 1. The van der Waals surface area contributed by atoms with Crippen LogP contribution in [0.4, 0.5) is 0 Å². The number of nitrogens with one attached hydrogen (secondary N) is 1. The number of H-pyrrole nitrogens is 1. The van der Waals surface area contributed by atoms with Crippen molar-refractivity contribution < 1.29 is 13.2 Å². The van der Waals surface area contributed by atoms with Gasteiger partial charge in [-0.25, -0.2) is 0 Å². The van der Waals surface area contributed by atoms with Gasteiger partial charge in [0.2, 0.25) is 0 Å². The first-order chi connectivity index (χ1) is 17.0. The Morgan fingerprint density at radius 1 is 1.08 bits per heavy atom. The molecule has 2 aliphatic rings. The zero-order valence-corrected chi connectivity index (χ0v) is 22.3. The van der Waals surface area contributed by atoms with Gasteiger partial charge in [0, 0.05) is 87.7 Å². The monoisotopic (exact) mass is 507 g/mol. The van der Waals surface area contributed by atoms with Crippen LogP contribution in [0.2, 0.25) is 0 Å². The Morgan fingerprint density at radius 2 is 1.81 bits per heavy atom. The molecule has 0 bridgehead atoms. The van der Waals surface area contributed by atoms with Gasteiger partial charge in [0.25, 0.3) is 10.2 Å². The molecule has 1 aliphatic heterocycles. The van der Waals surface area contributed by atoms with Gasteiger partial charge in [-0.15, -0.1) is 0 Å². The molecule has 2 aromatic carbocycles. The summed E-state index contributed by atoms with van der Waals surface area (Å²) in [5.74, 6) is 0.0524. The van der Waals surface area contributed by atoms with E-state index in [0.717, 1.165) is 44.4 Å². The van der Waals surface area contributed by atoms with Crippen molar-refractivity contribution in [3.63, 3.8) is 0 Å². The lowest BCUT2D eigenvalue weighted by Crippen LogP contribution is -2.51. The standard InChI is InChI=1S/C27H33N5O3S/c1-27(2)22-14-19(17-31-10-12-32(13-11-31)36(34,35)30(4)5)7-8-20(22)25(33)24-21-9-6-18(16-28-3)15-23(21)29-26(24)27/h6-9,14-16,29H,10-13,17H2,1-5H3. The van der Waals surface area contributed by atoms with Crippen molar-refractivity contribution in [2.45, 2.75) is 25.8 Å². The highest BCUT2D eigenvalue weighted by molar-refractivity contribution is 7.86. The van der Waals surface area contributed by atoms with Gasteiger partial charge in [0.05, 0.1) is 5.56 Å². The van der Waals surface area contributed by atoms with Crippen LogP contribution in [0.25, 0.3) is 10.9 Å². The van der Waals surface area contributed by atoms with Crippen LogP contribution in [0.1, 0.15) is 52.2 Å². The summed E-state index contributed by atoms with van der Waals surface area (Å²) in [6.07, 6.45) is 1.81. The molecule has 9 heteroatoms. The number of piperazine rings is 1. The van der Waals surface area contributed by atoms with Gasteiger partial charge in [-0.2, -0.15) is 17.0 Å². The fourth-order valence-electron chi connectivity index (χ4n) is 5.43. The Balaban J connectivity index is 1.42. The van der Waals surface area contributed by atoms with Crippen LogP contribution in [0.15, 0.2) is 41.4 Å². The molecule has 3 aromatic rings. The molecule has 5 rings (SSSR count). The second-order valence-electron chi connectivity index (χ2n) is 10.4. The lowest BCUT2D eigenvalue weighted by Gasteiger charge is -2.36. The largest absolute Gasteiger partial charge is 0.357 e. The fourth-order valence-corrected chi connectivity index (χ4v) is 6.52. The quantitative estimate of drug-likeness (QED) is 0.538. The highest BCUT2D eigenvalue weighted by Crippen LogP contribution is 2.44. The highest BCUT2D eigenvalue weighted by atomic mass is 32.2. The Morgan fingerprint density at radius 3 is 2.47 bits per heavy atom. The van der Waals surface area contributed by atoms with E-state index in [1.807, 2.05) is 36.5 Å². The second kappa shape index (κ2) is 8.92. The van der Waals surface area contributed by atoms with E-state index >= 15 is 0 Å². The molecule has 0 radical (unpaired) electrons. The van der Waals surface area contributed by atoms with Crippen LogP contribution in [0, 0.1) is 0 Å². The van der Waals surface area contributed by atoms with Crippen LogP contribution in [0.5, 0.6) is 0 Å². The topological polar surface area (TPSA) is 89.1 Å². The third-order valence-electron chi connectivity index (χ3n) is 7.48. The van der Waals surface area contributed by atoms with Crippen LogP contribution in [-0.4, -0.2) is 86.2 Å². The van der Waals surface area contributed by atoms with E-state index < -0.39 is 10.2 Å². The molecule has 2 heterocycles. The van der Waals surface area contributed by atoms with E-state index in [0.29, 0.717) is 32.7 Å². The summed E-state index contributed by atoms with van der Waals surface area (Å²) in [7, 11) is 1.49. The van der Waals surface area contributed by atoms with Crippen LogP contribution in [-0.2, 0) is 22.2 Å². The van der Waals surface area contributed by atoms with E-state index in [9.17, 15) is 13.2 Å². The predicted molar refractivity (Wildman–Crippen MR) is 143 cm³/mol. The number of benzene rings is 2. The minimum atomic E-state index is -3.38. The molecule has 0 spiro atoms. The van der Waals surface area contributed by atoms with Gasteiger partial charge in [-0.05, 0) is 22.8 Å². The normalized spacial score (nSPS) is 18.8. The average Bonchev–Trinajstić information content (AvgIpc) is 3.23. The van der Waals surface area contributed by atoms with Crippen molar-refractivity contribution in [1.29, 1.82) is 0 Å². The lowest BCUT2D eigenvalue weighted by atomic mass is 9.71. The molecule has 0 atom stereocenters. The van der Waals surface area contributed by atoms with Crippen molar-refractivity contribution in [2.24, 2.45) is 4.99 Å². The first kappa shape index (κ1) is 24.8. The lowest BCUT2D eigenvalue weighted by molar-refractivity contribution is 0.103. The molecule has 1 aliphatic carbocycles. The molecular formula is C27H33N5O3S. The Bertz CT molecular complexity index is 1480. The average molecular weight is 508 g/mol. The van der Waals surface area contributed by atoms with E-state index in [-0.39, 0.29) is 11.2 Å². The van der Waals surface area contributed by atoms with Gasteiger partial charge in [0.15, 0.2) is 5.78 Å². The summed E-state index contributed by atoms with van der Waals surface area (Å²) in [6, 6.07) is 12.2. The first-order valence-corrected chi connectivity index (χ1v) is 13.6. The summed E-state index contributed by atoms with van der Waals surface area (Å²) in [6.45, 7) is 7.32. The number of aromatic amines is 1. The van der Waals surface area contributed by atoms with Gasteiger partial charge < -0.3 is 4.98 Å². The number of ketones is 1. The highest BCUT2D eigenvalue weighted by Gasteiger charge is 2.40. The van der Waals surface area contributed by atoms with Crippen LogP contribution in [0.3, 0.4) is 0 Å². The molecule has 0 saturated carbocycles. The van der Waals surface area contributed by atoms with E-state index in [1.165, 1.54) is 8.61 Å². The van der Waals surface area contributed by atoms with Crippen molar-refractivity contribution in [3.05, 3.63) is 69.9 Å². The molecule has 8 nitrogen and oxygen atoms in total. The Labute approximate surface area is 212 Å². The summed E-state index contributed by atoms with van der Waals surface area (Å²) in [5.41, 5.74) is 6.16. The van der Waals surface area contributed by atoms with Gasteiger partial charge >= 0.3 is 0 Å². The smallest absolute Gasteiger partial charge is 0.281 e. The van der Waals surface area contributed by atoms with Crippen molar-refractivity contribution in [3.8, 4) is 0 Å². The Hall–Kier alpha value is -2.85. The molecule has 1 fully saturated rings. The SMILES string of the molecule is CN=Cc1ccc2c3c([nH]c2c1)C(C)(C)c1cc(CN2CCN(S(=O)(=O)N(C)C)CC2)ccc1C3=O. The first-order valence-electron chi connectivity index (χ1n) is 12.2. The van der Waals surface area contributed by atoms with E-state index in [1.54, 1.807) is 21.1 Å². The van der Waals surface area contributed by atoms with E-state index in [2.05, 4.69) is 34.8 Å².